The monoisotopic (exact) mass is 426 g/mol. The molecule has 1 aliphatic rings. The highest BCUT2D eigenvalue weighted by atomic mass is 16.5. The summed E-state index contributed by atoms with van der Waals surface area (Å²) in [5.74, 6) is -0.259. The lowest BCUT2D eigenvalue weighted by molar-refractivity contribution is -0.120. The summed E-state index contributed by atoms with van der Waals surface area (Å²) in [5, 5.41) is 3.17. The number of imide groups is 1. The molecule has 0 fully saturated rings. The highest BCUT2D eigenvalue weighted by Gasteiger charge is 2.41. The summed E-state index contributed by atoms with van der Waals surface area (Å²) >= 11 is 0. The van der Waals surface area contributed by atoms with Crippen LogP contribution in [0.3, 0.4) is 0 Å². The Hall–Kier alpha value is -3.86. The minimum Gasteiger partial charge on any atom is -0.496 e. The lowest BCUT2D eigenvalue weighted by Gasteiger charge is -2.21. The molecule has 2 amide bonds. The van der Waals surface area contributed by atoms with E-state index in [4.69, 9.17) is 4.74 Å². The van der Waals surface area contributed by atoms with Gasteiger partial charge in [0.2, 0.25) is 0 Å². The number of amides is 2. The molecule has 5 nitrogen and oxygen atoms in total. The van der Waals surface area contributed by atoms with E-state index >= 15 is 0 Å². The average molecular weight is 427 g/mol. The van der Waals surface area contributed by atoms with Crippen LogP contribution < -0.4 is 15.0 Å². The Morgan fingerprint density at radius 1 is 0.781 bits per heavy atom. The van der Waals surface area contributed by atoms with Crippen molar-refractivity contribution in [1.82, 2.24) is 0 Å². The van der Waals surface area contributed by atoms with Gasteiger partial charge in [-0.2, -0.15) is 0 Å². The van der Waals surface area contributed by atoms with Gasteiger partial charge in [-0.3, -0.25) is 9.59 Å². The number of methoxy groups -OCH3 is 1. The van der Waals surface area contributed by atoms with Gasteiger partial charge in [0.15, 0.2) is 0 Å². The molecule has 3 aromatic carbocycles. The van der Waals surface area contributed by atoms with Crippen LogP contribution in [0, 0.1) is 0 Å². The molecule has 1 aliphatic heterocycles. The molecule has 0 aromatic heterocycles. The number of carbonyl (C=O) groups is 2. The summed E-state index contributed by atoms with van der Waals surface area (Å²) in [7, 11) is 1.55. The molecule has 0 aliphatic carbocycles. The molecule has 32 heavy (non-hydrogen) atoms. The number of hydrogen-bond acceptors (Lipinski definition) is 4. The Morgan fingerprint density at radius 2 is 1.41 bits per heavy atom. The zero-order valence-corrected chi connectivity index (χ0v) is 18.7. The first kappa shape index (κ1) is 21.4. The Kier molecular flexibility index (Phi) is 5.57. The van der Waals surface area contributed by atoms with Crippen molar-refractivity contribution in [3.05, 3.63) is 95.7 Å². The lowest BCUT2D eigenvalue weighted by atomic mass is 9.87. The number of carbonyl (C=O) groups excluding carboxylic acids is 2. The van der Waals surface area contributed by atoms with Gasteiger partial charge in [0.25, 0.3) is 11.8 Å². The minimum absolute atomic E-state index is 0.0294. The Balaban J connectivity index is 1.81. The van der Waals surface area contributed by atoms with Crippen LogP contribution in [0.15, 0.2) is 84.6 Å². The quantitative estimate of drug-likeness (QED) is 0.556. The van der Waals surface area contributed by atoms with E-state index in [-0.39, 0.29) is 22.6 Å². The van der Waals surface area contributed by atoms with Gasteiger partial charge in [0.1, 0.15) is 11.4 Å². The van der Waals surface area contributed by atoms with E-state index in [9.17, 15) is 9.59 Å². The first-order chi connectivity index (χ1) is 15.3. The van der Waals surface area contributed by atoms with Crippen molar-refractivity contribution < 1.29 is 14.3 Å². The lowest BCUT2D eigenvalue weighted by Crippen LogP contribution is -2.32. The van der Waals surface area contributed by atoms with Crippen LogP contribution in [0.5, 0.6) is 5.75 Å². The number of benzene rings is 3. The average Bonchev–Trinajstić information content (AvgIpc) is 3.03. The van der Waals surface area contributed by atoms with E-state index in [1.54, 1.807) is 19.2 Å². The Labute approximate surface area is 188 Å². The number of hydrogen-bond donors (Lipinski definition) is 1. The fourth-order valence-electron chi connectivity index (χ4n) is 3.76. The molecule has 1 N–H and O–H groups in total. The summed E-state index contributed by atoms with van der Waals surface area (Å²) < 4.78 is 5.49. The van der Waals surface area contributed by atoms with Crippen molar-refractivity contribution in [2.24, 2.45) is 0 Å². The van der Waals surface area contributed by atoms with E-state index in [2.05, 4.69) is 26.1 Å². The maximum atomic E-state index is 13.6. The molecular formula is C27H26N2O3. The SMILES string of the molecule is COc1ccccc1C1=C(Nc2ccccc2)C(=O)N(c2ccc(C(C)(C)C)cc2)C1=O. The van der Waals surface area contributed by atoms with Crippen molar-refractivity contribution >= 4 is 28.8 Å². The van der Waals surface area contributed by atoms with Gasteiger partial charge in [0.05, 0.1) is 18.4 Å². The van der Waals surface area contributed by atoms with Crippen LogP contribution in [-0.2, 0) is 15.0 Å². The normalized spacial score (nSPS) is 14.2. The first-order valence-electron chi connectivity index (χ1n) is 10.5. The highest BCUT2D eigenvalue weighted by molar-refractivity contribution is 6.46. The number of ether oxygens (including phenoxy) is 1. The molecule has 0 unspecified atom stereocenters. The van der Waals surface area contributed by atoms with Crippen LogP contribution in [0.25, 0.3) is 5.57 Å². The molecule has 5 heteroatoms. The summed E-state index contributed by atoms with van der Waals surface area (Å²) in [6.45, 7) is 6.37. The van der Waals surface area contributed by atoms with Crippen LogP contribution in [0.1, 0.15) is 31.9 Å². The number of anilines is 2. The molecule has 0 bridgehead atoms. The van der Waals surface area contributed by atoms with Gasteiger partial charge in [-0.1, -0.05) is 69.3 Å². The number of para-hydroxylation sites is 2. The van der Waals surface area contributed by atoms with Crippen molar-refractivity contribution in [3.63, 3.8) is 0 Å². The maximum absolute atomic E-state index is 13.6. The summed E-state index contributed by atoms with van der Waals surface area (Å²) in [5.41, 5.74) is 3.44. The number of rotatable bonds is 5. The predicted molar refractivity (Wildman–Crippen MR) is 128 cm³/mol. The second-order valence-corrected chi connectivity index (χ2v) is 8.68. The van der Waals surface area contributed by atoms with Gasteiger partial charge in [0, 0.05) is 11.3 Å². The van der Waals surface area contributed by atoms with E-state index in [0.717, 1.165) is 11.3 Å². The zero-order chi connectivity index (χ0) is 22.9. The molecular weight excluding hydrogens is 400 g/mol. The third kappa shape index (κ3) is 3.89. The zero-order valence-electron chi connectivity index (χ0n) is 18.7. The predicted octanol–water partition coefficient (Wildman–Crippen LogP) is 5.39. The van der Waals surface area contributed by atoms with Crippen LogP contribution in [-0.4, -0.2) is 18.9 Å². The van der Waals surface area contributed by atoms with E-state index in [0.29, 0.717) is 17.0 Å². The minimum atomic E-state index is -0.400. The maximum Gasteiger partial charge on any atom is 0.282 e. The third-order valence-corrected chi connectivity index (χ3v) is 5.49. The van der Waals surface area contributed by atoms with Gasteiger partial charge in [-0.15, -0.1) is 0 Å². The highest BCUT2D eigenvalue weighted by Crippen LogP contribution is 2.37. The topological polar surface area (TPSA) is 58.6 Å². The van der Waals surface area contributed by atoms with Gasteiger partial charge in [-0.05, 0) is 41.3 Å². The second-order valence-electron chi connectivity index (χ2n) is 8.68. The molecule has 0 atom stereocenters. The largest absolute Gasteiger partial charge is 0.496 e. The molecule has 3 aromatic rings. The van der Waals surface area contributed by atoms with Crippen LogP contribution in [0.2, 0.25) is 0 Å². The van der Waals surface area contributed by atoms with Crippen molar-refractivity contribution in [1.29, 1.82) is 0 Å². The molecule has 162 valence electrons. The second kappa shape index (κ2) is 8.35. The molecule has 0 saturated heterocycles. The van der Waals surface area contributed by atoms with E-state index in [1.807, 2.05) is 66.7 Å². The summed E-state index contributed by atoms with van der Waals surface area (Å²) in [6.07, 6.45) is 0. The van der Waals surface area contributed by atoms with Gasteiger partial charge in [-0.25, -0.2) is 4.90 Å². The van der Waals surface area contributed by atoms with E-state index < -0.39 is 5.91 Å². The van der Waals surface area contributed by atoms with Crippen LogP contribution >= 0.6 is 0 Å². The third-order valence-electron chi connectivity index (χ3n) is 5.49. The molecule has 0 radical (unpaired) electrons. The van der Waals surface area contributed by atoms with Crippen molar-refractivity contribution in [2.75, 3.05) is 17.3 Å². The van der Waals surface area contributed by atoms with Gasteiger partial charge < -0.3 is 10.1 Å². The summed E-state index contributed by atoms with van der Waals surface area (Å²) in [4.78, 5) is 28.4. The van der Waals surface area contributed by atoms with Crippen molar-refractivity contribution in [2.45, 2.75) is 26.2 Å². The number of nitrogens with one attached hydrogen (secondary N) is 1. The molecule has 0 saturated carbocycles. The first-order valence-corrected chi connectivity index (χ1v) is 10.5. The standard InChI is InChI=1S/C27H26N2O3/c1-27(2,3)18-14-16-20(17-15-18)29-25(30)23(21-12-8-9-13-22(21)32-4)24(26(29)31)28-19-10-6-5-7-11-19/h5-17,28H,1-4H3. The number of nitrogens with zero attached hydrogens (tertiary/aromatic N) is 1. The fourth-order valence-corrected chi connectivity index (χ4v) is 3.76. The van der Waals surface area contributed by atoms with Crippen LogP contribution in [0.4, 0.5) is 11.4 Å². The smallest absolute Gasteiger partial charge is 0.282 e. The summed E-state index contributed by atoms with van der Waals surface area (Å²) in [6, 6.07) is 24.1. The molecule has 0 spiro atoms. The molecule has 4 rings (SSSR count). The Morgan fingerprint density at radius 3 is 2.03 bits per heavy atom. The Bertz CT molecular complexity index is 1190. The van der Waals surface area contributed by atoms with Crippen molar-refractivity contribution in [3.8, 4) is 5.75 Å². The molecule has 1 heterocycles. The van der Waals surface area contributed by atoms with E-state index in [1.165, 1.54) is 4.90 Å². The fraction of sp³-hybridized carbons (Fsp3) is 0.185. The van der Waals surface area contributed by atoms with Gasteiger partial charge >= 0.3 is 0 Å².